The number of piperidine rings is 1. The summed E-state index contributed by atoms with van der Waals surface area (Å²) in [5.74, 6) is 2.73. The molecule has 1 aromatic carbocycles. The summed E-state index contributed by atoms with van der Waals surface area (Å²) >= 11 is 1.73. The van der Waals surface area contributed by atoms with Crippen molar-refractivity contribution in [3.63, 3.8) is 0 Å². The van der Waals surface area contributed by atoms with Gasteiger partial charge in [-0.15, -0.1) is 24.2 Å². The van der Waals surface area contributed by atoms with Crippen LogP contribution in [0, 0.1) is 5.92 Å². The van der Waals surface area contributed by atoms with Gasteiger partial charge in [0.2, 0.25) is 5.91 Å². The van der Waals surface area contributed by atoms with Crippen LogP contribution in [0.3, 0.4) is 0 Å². The molecule has 0 saturated carbocycles. The van der Waals surface area contributed by atoms with Crippen molar-refractivity contribution < 1.29 is 9.53 Å². The number of rotatable bonds is 8. The molecule has 136 valence electrons. The van der Waals surface area contributed by atoms with Crippen LogP contribution in [0.4, 0.5) is 0 Å². The van der Waals surface area contributed by atoms with E-state index in [1.807, 2.05) is 29.2 Å². The maximum absolute atomic E-state index is 12.3. The van der Waals surface area contributed by atoms with Crippen molar-refractivity contribution in [3.8, 4) is 5.75 Å². The van der Waals surface area contributed by atoms with E-state index < -0.39 is 0 Å². The minimum atomic E-state index is 0. The molecule has 1 heterocycles. The van der Waals surface area contributed by atoms with E-state index in [1.54, 1.807) is 18.9 Å². The van der Waals surface area contributed by atoms with Crippen LogP contribution in [0.15, 0.2) is 29.2 Å². The van der Waals surface area contributed by atoms with Gasteiger partial charge in [-0.1, -0.05) is 6.92 Å². The fourth-order valence-electron chi connectivity index (χ4n) is 2.82. The van der Waals surface area contributed by atoms with Gasteiger partial charge in [-0.2, -0.15) is 0 Å². The summed E-state index contributed by atoms with van der Waals surface area (Å²) in [6.45, 7) is 6.09. The molecule has 1 aliphatic heterocycles. The van der Waals surface area contributed by atoms with Crippen LogP contribution < -0.4 is 10.1 Å². The Hall–Kier alpha value is -0.910. The number of nitrogens with one attached hydrogen (secondary N) is 1. The zero-order valence-corrected chi connectivity index (χ0v) is 16.3. The average Bonchev–Trinajstić information content (AvgIpc) is 2.61. The van der Waals surface area contributed by atoms with E-state index in [4.69, 9.17) is 4.74 Å². The Morgan fingerprint density at radius 3 is 2.54 bits per heavy atom. The van der Waals surface area contributed by atoms with Gasteiger partial charge in [-0.25, -0.2) is 0 Å². The zero-order valence-electron chi connectivity index (χ0n) is 14.6. The smallest absolute Gasteiger partial charge is 0.223 e. The van der Waals surface area contributed by atoms with Crippen LogP contribution in [0.5, 0.6) is 5.75 Å². The minimum Gasteiger partial charge on any atom is -0.497 e. The highest BCUT2D eigenvalue weighted by atomic mass is 35.5. The molecule has 0 aliphatic carbocycles. The van der Waals surface area contributed by atoms with E-state index in [-0.39, 0.29) is 12.4 Å². The second-order valence-electron chi connectivity index (χ2n) is 5.91. The van der Waals surface area contributed by atoms with Gasteiger partial charge in [-0.05, 0) is 56.1 Å². The fourth-order valence-corrected chi connectivity index (χ4v) is 3.66. The van der Waals surface area contributed by atoms with Gasteiger partial charge < -0.3 is 15.0 Å². The molecule has 1 amide bonds. The molecular formula is C18H29ClN2O2S. The fraction of sp³-hybridized carbons (Fsp3) is 0.611. The SMILES string of the molecule is CCNCC1CCN(C(=O)CCSc2ccc(OC)cc2)CC1.Cl. The van der Waals surface area contributed by atoms with Crippen molar-refractivity contribution in [2.75, 3.05) is 39.0 Å². The van der Waals surface area contributed by atoms with Crippen molar-refractivity contribution in [1.82, 2.24) is 10.2 Å². The van der Waals surface area contributed by atoms with Gasteiger partial charge in [-0.3, -0.25) is 4.79 Å². The number of amides is 1. The Morgan fingerprint density at radius 1 is 1.29 bits per heavy atom. The topological polar surface area (TPSA) is 41.6 Å². The number of likely N-dealkylation sites (tertiary alicyclic amines) is 1. The largest absolute Gasteiger partial charge is 0.497 e. The van der Waals surface area contributed by atoms with E-state index in [2.05, 4.69) is 12.2 Å². The highest BCUT2D eigenvalue weighted by molar-refractivity contribution is 7.99. The first-order valence-electron chi connectivity index (χ1n) is 8.48. The molecule has 1 fully saturated rings. The van der Waals surface area contributed by atoms with Gasteiger partial charge in [0.1, 0.15) is 5.75 Å². The van der Waals surface area contributed by atoms with E-state index >= 15 is 0 Å². The third-order valence-corrected chi connectivity index (χ3v) is 5.31. The summed E-state index contributed by atoms with van der Waals surface area (Å²) in [5, 5.41) is 3.41. The van der Waals surface area contributed by atoms with Crippen LogP contribution >= 0.6 is 24.2 Å². The second kappa shape index (κ2) is 11.6. The van der Waals surface area contributed by atoms with Crippen LogP contribution in [0.25, 0.3) is 0 Å². The summed E-state index contributed by atoms with van der Waals surface area (Å²) in [4.78, 5) is 15.5. The molecule has 6 heteroatoms. The Kier molecular flexibility index (Phi) is 10.2. The first-order chi connectivity index (χ1) is 11.2. The number of nitrogens with zero attached hydrogens (tertiary/aromatic N) is 1. The maximum Gasteiger partial charge on any atom is 0.223 e. The number of carbonyl (C=O) groups is 1. The molecule has 24 heavy (non-hydrogen) atoms. The molecule has 1 N–H and O–H groups in total. The standard InChI is InChI=1S/C18H28N2O2S.ClH/c1-3-19-14-15-8-11-20(12-9-15)18(21)10-13-23-17-6-4-16(22-2)5-7-17;/h4-7,15,19H,3,8-14H2,1-2H3;1H. The monoisotopic (exact) mass is 372 g/mol. The molecule has 1 aromatic rings. The molecule has 0 atom stereocenters. The number of hydrogen-bond donors (Lipinski definition) is 1. The highest BCUT2D eigenvalue weighted by Crippen LogP contribution is 2.23. The predicted octanol–water partition coefficient (Wildman–Crippen LogP) is 3.45. The zero-order chi connectivity index (χ0) is 16.5. The summed E-state index contributed by atoms with van der Waals surface area (Å²) in [5.41, 5.74) is 0. The van der Waals surface area contributed by atoms with Crippen molar-refractivity contribution in [2.45, 2.75) is 31.1 Å². The lowest BCUT2D eigenvalue weighted by atomic mass is 9.96. The predicted molar refractivity (Wildman–Crippen MR) is 103 cm³/mol. The van der Waals surface area contributed by atoms with Crippen molar-refractivity contribution in [2.24, 2.45) is 5.92 Å². The quantitative estimate of drug-likeness (QED) is 0.709. The van der Waals surface area contributed by atoms with Gasteiger partial charge >= 0.3 is 0 Å². The highest BCUT2D eigenvalue weighted by Gasteiger charge is 2.22. The number of halogens is 1. The number of methoxy groups -OCH3 is 1. The lowest BCUT2D eigenvalue weighted by Gasteiger charge is -2.32. The van der Waals surface area contributed by atoms with Gasteiger partial charge in [0.15, 0.2) is 0 Å². The first kappa shape index (κ1) is 21.1. The number of ether oxygens (including phenoxy) is 1. The van der Waals surface area contributed by atoms with E-state index in [1.165, 1.54) is 4.90 Å². The number of hydrogen-bond acceptors (Lipinski definition) is 4. The molecule has 0 bridgehead atoms. The van der Waals surface area contributed by atoms with Crippen molar-refractivity contribution in [3.05, 3.63) is 24.3 Å². The molecular weight excluding hydrogens is 344 g/mol. The summed E-state index contributed by atoms with van der Waals surface area (Å²) in [6, 6.07) is 8.00. The van der Waals surface area contributed by atoms with Crippen molar-refractivity contribution >= 4 is 30.1 Å². The number of carbonyl (C=O) groups excluding carboxylic acids is 1. The van der Waals surface area contributed by atoms with E-state index in [0.717, 1.165) is 56.4 Å². The van der Waals surface area contributed by atoms with Crippen LogP contribution in [0.2, 0.25) is 0 Å². The third kappa shape index (κ3) is 6.91. The lowest BCUT2D eigenvalue weighted by Crippen LogP contribution is -2.40. The normalized spacial score (nSPS) is 15.0. The number of benzene rings is 1. The molecule has 0 unspecified atom stereocenters. The van der Waals surface area contributed by atoms with Crippen LogP contribution in [0.1, 0.15) is 26.2 Å². The van der Waals surface area contributed by atoms with Crippen LogP contribution in [-0.2, 0) is 4.79 Å². The Labute approximate surface area is 156 Å². The average molecular weight is 373 g/mol. The van der Waals surface area contributed by atoms with Crippen LogP contribution in [-0.4, -0.2) is 49.8 Å². The van der Waals surface area contributed by atoms with Crippen molar-refractivity contribution in [1.29, 1.82) is 0 Å². The van der Waals surface area contributed by atoms with Gasteiger partial charge in [0.05, 0.1) is 7.11 Å². The third-order valence-electron chi connectivity index (χ3n) is 4.29. The second-order valence-corrected chi connectivity index (χ2v) is 7.07. The summed E-state index contributed by atoms with van der Waals surface area (Å²) in [6.07, 6.45) is 2.88. The minimum absolute atomic E-state index is 0. The molecule has 0 radical (unpaired) electrons. The molecule has 1 saturated heterocycles. The van der Waals surface area contributed by atoms with E-state index in [9.17, 15) is 4.79 Å². The molecule has 0 aromatic heterocycles. The Balaban J connectivity index is 0.00000288. The van der Waals surface area contributed by atoms with Gasteiger partial charge in [0, 0.05) is 30.2 Å². The first-order valence-corrected chi connectivity index (χ1v) is 9.46. The molecule has 1 aliphatic rings. The van der Waals surface area contributed by atoms with Gasteiger partial charge in [0.25, 0.3) is 0 Å². The Bertz CT molecular complexity index is 476. The molecule has 2 rings (SSSR count). The lowest BCUT2D eigenvalue weighted by molar-refractivity contribution is -0.132. The maximum atomic E-state index is 12.3. The summed E-state index contributed by atoms with van der Waals surface area (Å²) in [7, 11) is 1.67. The number of thioether (sulfide) groups is 1. The molecule has 4 nitrogen and oxygen atoms in total. The summed E-state index contributed by atoms with van der Waals surface area (Å²) < 4.78 is 5.15. The van der Waals surface area contributed by atoms with E-state index in [0.29, 0.717) is 12.3 Å². The molecule has 0 spiro atoms. The Morgan fingerprint density at radius 2 is 1.96 bits per heavy atom.